The highest BCUT2D eigenvalue weighted by Gasteiger charge is 2.28. The minimum absolute atomic E-state index is 0.0138. The molecule has 0 aromatic heterocycles. The number of methoxy groups -OCH3 is 1. The number of carbonyl (C=O) groups is 2. The predicted molar refractivity (Wildman–Crippen MR) is 140 cm³/mol. The summed E-state index contributed by atoms with van der Waals surface area (Å²) in [6.45, 7) is 2.23. The molecule has 4 rings (SSSR count). The summed E-state index contributed by atoms with van der Waals surface area (Å²) in [5.74, 6) is 0.689. The van der Waals surface area contributed by atoms with Crippen molar-refractivity contribution >= 4 is 22.6 Å². The minimum atomic E-state index is -0.543. The van der Waals surface area contributed by atoms with Crippen LogP contribution in [-0.2, 0) is 22.6 Å². The average Bonchev–Trinajstić information content (AvgIpc) is 2.90. The standard InChI is InChI=1S/C30H36N2O3/c1-22(30(34)31-26-12-4-3-5-13-26)32(21-23-15-18-27(35-2)19-16-23)29(33)20-17-25-11-8-10-24-9-6-7-14-28(24)25/h6-11,14-16,18-19,22,26H,3-5,12-13,17,20-21H2,1-2H3,(H,31,34)/t22-/m1/s1. The molecule has 1 fully saturated rings. The smallest absolute Gasteiger partial charge is 0.242 e. The highest BCUT2D eigenvalue weighted by atomic mass is 16.5. The lowest BCUT2D eigenvalue weighted by Gasteiger charge is -2.31. The zero-order valence-corrected chi connectivity index (χ0v) is 20.8. The van der Waals surface area contributed by atoms with Crippen molar-refractivity contribution in [1.29, 1.82) is 0 Å². The Hall–Kier alpha value is -3.34. The molecule has 35 heavy (non-hydrogen) atoms. The van der Waals surface area contributed by atoms with Gasteiger partial charge in [-0.05, 0) is 60.2 Å². The van der Waals surface area contributed by atoms with Crippen LogP contribution in [0.3, 0.4) is 0 Å². The number of rotatable bonds is 9. The fourth-order valence-electron chi connectivity index (χ4n) is 4.97. The van der Waals surface area contributed by atoms with Crippen molar-refractivity contribution in [3.63, 3.8) is 0 Å². The highest BCUT2D eigenvalue weighted by Crippen LogP contribution is 2.22. The van der Waals surface area contributed by atoms with Crippen molar-refractivity contribution in [1.82, 2.24) is 10.2 Å². The number of fused-ring (bicyclic) bond motifs is 1. The molecule has 5 nitrogen and oxygen atoms in total. The van der Waals surface area contributed by atoms with Crippen LogP contribution < -0.4 is 10.1 Å². The largest absolute Gasteiger partial charge is 0.497 e. The molecule has 0 aliphatic heterocycles. The minimum Gasteiger partial charge on any atom is -0.497 e. The Morgan fingerprint density at radius 3 is 2.43 bits per heavy atom. The molecule has 1 aliphatic carbocycles. The van der Waals surface area contributed by atoms with Crippen molar-refractivity contribution in [3.05, 3.63) is 77.9 Å². The van der Waals surface area contributed by atoms with Gasteiger partial charge in [0.1, 0.15) is 11.8 Å². The summed E-state index contributed by atoms with van der Waals surface area (Å²) in [6, 6.07) is 21.8. The Balaban J connectivity index is 1.49. The number of ether oxygens (including phenoxy) is 1. The maximum absolute atomic E-state index is 13.5. The van der Waals surface area contributed by atoms with Crippen LogP contribution in [0.15, 0.2) is 66.7 Å². The van der Waals surface area contributed by atoms with Crippen molar-refractivity contribution in [3.8, 4) is 5.75 Å². The van der Waals surface area contributed by atoms with Gasteiger partial charge < -0.3 is 15.0 Å². The van der Waals surface area contributed by atoms with E-state index in [-0.39, 0.29) is 17.9 Å². The molecule has 0 bridgehead atoms. The van der Waals surface area contributed by atoms with Crippen molar-refractivity contribution in [2.75, 3.05) is 7.11 Å². The summed E-state index contributed by atoms with van der Waals surface area (Å²) in [7, 11) is 1.63. The molecule has 1 aliphatic rings. The van der Waals surface area contributed by atoms with Gasteiger partial charge in [0.2, 0.25) is 11.8 Å². The number of amides is 2. The molecule has 1 N–H and O–H groups in total. The van der Waals surface area contributed by atoms with Crippen LogP contribution in [0.25, 0.3) is 10.8 Å². The Labute approximate surface area is 208 Å². The van der Waals surface area contributed by atoms with E-state index in [1.807, 2.05) is 49.4 Å². The molecular formula is C30H36N2O3. The second kappa shape index (κ2) is 11.9. The summed E-state index contributed by atoms with van der Waals surface area (Å²) in [5, 5.41) is 5.55. The maximum atomic E-state index is 13.5. The van der Waals surface area contributed by atoms with Gasteiger partial charge >= 0.3 is 0 Å². The number of carbonyl (C=O) groups excluding carboxylic acids is 2. The number of hydrogen-bond donors (Lipinski definition) is 1. The van der Waals surface area contributed by atoms with Crippen LogP contribution in [0.1, 0.15) is 56.6 Å². The number of aryl methyl sites for hydroxylation is 1. The zero-order chi connectivity index (χ0) is 24.6. The van der Waals surface area contributed by atoms with E-state index < -0.39 is 6.04 Å². The molecule has 0 saturated heterocycles. The molecular weight excluding hydrogens is 436 g/mol. The SMILES string of the molecule is COc1ccc(CN(C(=O)CCc2cccc3ccccc23)[C@H](C)C(=O)NC2CCCCC2)cc1. The molecule has 0 unspecified atom stereocenters. The van der Waals surface area contributed by atoms with Crippen molar-refractivity contribution in [2.24, 2.45) is 0 Å². The van der Waals surface area contributed by atoms with E-state index in [4.69, 9.17) is 4.74 Å². The normalized spacial score (nSPS) is 14.9. The van der Waals surface area contributed by atoms with E-state index in [0.717, 1.165) is 42.6 Å². The maximum Gasteiger partial charge on any atom is 0.242 e. The Morgan fingerprint density at radius 2 is 1.69 bits per heavy atom. The summed E-state index contributed by atoms with van der Waals surface area (Å²) < 4.78 is 5.27. The Kier molecular flexibility index (Phi) is 8.40. The third kappa shape index (κ3) is 6.41. The summed E-state index contributed by atoms with van der Waals surface area (Å²) in [6.07, 6.45) is 6.56. The van der Waals surface area contributed by atoms with E-state index in [1.54, 1.807) is 12.0 Å². The molecule has 3 aromatic carbocycles. The molecule has 0 spiro atoms. The fourth-order valence-corrected chi connectivity index (χ4v) is 4.97. The van der Waals surface area contributed by atoms with E-state index >= 15 is 0 Å². The summed E-state index contributed by atoms with van der Waals surface area (Å²) in [5.41, 5.74) is 2.13. The van der Waals surface area contributed by atoms with Gasteiger partial charge in [-0.3, -0.25) is 9.59 Å². The van der Waals surface area contributed by atoms with Gasteiger partial charge in [0.05, 0.1) is 7.11 Å². The average molecular weight is 473 g/mol. The van der Waals surface area contributed by atoms with Gasteiger partial charge in [0.25, 0.3) is 0 Å². The van der Waals surface area contributed by atoms with Crippen LogP contribution in [0.4, 0.5) is 0 Å². The third-order valence-corrected chi connectivity index (χ3v) is 7.12. The van der Waals surface area contributed by atoms with Gasteiger partial charge in [0.15, 0.2) is 0 Å². The van der Waals surface area contributed by atoms with E-state index in [9.17, 15) is 9.59 Å². The fraction of sp³-hybridized carbons (Fsp3) is 0.400. The lowest BCUT2D eigenvalue weighted by atomic mass is 9.95. The summed E-state index contributed by atoms with van der Waals surface area (Å²) >= 11 is 0. The van der Waals surface area contributed by atoms with Crippen molar-refractivity contribution in [2.45, 2.75) is 70.5 Å². The topological polar surface area (TPSA) is 58.6 Å². The first kappa shape index (κ1) is 24.8. The Morgan fingerprint density at radius 1 is 0.971 bits per heavy atom. The Bertz CT molecular complexity index is 1130. The molecule has 1 saturated carbocycles. The monoisotopic (exact) mass is 472 g/mol. The molecule has 3 aromatic rings. The quantitative estimate of drug-likeness (QED) is 0.438. The van der Waals surface area contributed by atoms with Crippen LogP contribution in [-0.4, -0.2) is 35.9 Å². The number of benzene rings is 3. The molecule has 0 radical (unpaired) electrons. The first-order valence-electron chi connectivity index (χ1n) is 12.7. The van der Waals surface area contributed by atoms with Crippen LogP contribution in [0.5, 0.6) is 5.75 Å². The molecule has 2 amide bonds. The number of nitrogens with zero attached hydrogens (tertiary/aromatic N) is 1. The number of nitrogens with one attached hydrogen (secondary N) is 1. The summed E-state index contributed by atoms with van der Waals surface area (Å²) in [4.78, 5) is 28.4. The van der Waals surface area contributed by atoms with Gasteiger partial charge in [0, 0.05) is 19.0 Å². The first-order chi connectivity index (χ1) is 17.0. The molecule has 184 valence electrons. The van der Waals surface area contributed by atoms with Gasteiger partial charge in [-0.1, -0.05) is 73.9 Å². The molecule has 1 atom stereocenters. The van der Waals surface area contributed by atoms with E-state index in [1.165, 1.54) is 17.2 Å². The lowest BCUT2D eigenvalue weighted by Crippen LogP contribution is -2.50. The molecule has 5 heteroatoms. The third-order valence-electron chi connectivity index (χ3n) is 7.12. The molecule has 0 heterocycles. The second-order valence-corrected chi connectivity index (χ2v) is 9.53. The number of hydrogen-bond acceptors (Lipinski definition) is 3. The van der Waals surface area contributed by atoms with Gasteiger partial charge in [-0.2, -0.15) is 0 Å². The highest BCUT2D eigenvalue weighted by molar-refractivity contribution is 5.89. The van der Waals surface area contributed by atoms with E-state index in [2.05, 4.69) is 29.6 Å². The first-order valence-corrected chi connectivity index (χ1v) is 12.7. The lowest BCUT2D eigenvalue weighted by molar-refractivity contribution is -0.141. The van der Waals surface area contributed by atoms with Crippen LogP contribution >= 0.6 is 0 Å². The van der Waals surface area contributed by atoms with Crippen molar-refractivity contribution < 1.29 is 14.3 Å². The second-order valence-electron chi connectivity index (χ2n) is 9.53. The van der Waals surface area contributed by atoms with Gasteiger partial charge in [-0.25, -0.2) is 0 Å². The predicted octanol–water partition coefficient (Wildman–Crippen LogP) is 5.65. The van der Waals surface area contributed by atoms with Crippen LogP contribution in [0.2, 0.25) is 0 Å². The van der Waals surface area contributed by atoms with E-state index in [0.29, 0.717) is 19.4 Å². The van der Waals surface area contributed by atoms with Crippen LogP contribution in [0, 0.1) is 0 Å². The zero-order valence-electron chi connectivity index (χ0n) is 20.8. The van der Waals surface area contributed by atoms with Gasteiger partial charge in [-0.15, -0.1) is 0 Å².